The van der Waals surface area contributed by atoms with E-state index in [1.807, 2.05) is 30.3 Å². The first-order valence-corrected chi connectivity index (χ1v) is 11.0. The Morgan fingerprint density at radius 1 is 1.16 bits per heavy atom. The van der Waals surface area contributed by atoms with Gasteiger partial charge in [-0.25, -0.2) is 4.68 Å². The Morgan fingerprint density at radius 3 is 2.77 bits per heavy atom. The number of nitrogens with zero attached hydrogens (tertiary/aromatic N) is 4. The van der Waals surface area contributed by atoms with E-state index in [2.05, 4.69) is 37.8 Å². The van der Waals surface area contributed by atoms with Gasteiger partial charge in [-0.15, -0.1) is 0 Å². The molecule has 0 N–H and O–H groups in total. The van der Waals surface area contributed by atoms with Gasteiger partial charge in [0, 0.05) is 35.4 Å². The second-order valence-electron chi connectivity index (χ2n) is 7.47. The largest absolute Gasteiger partial charge is 0.485 e. The molecular weight excluding hydrogens is 460 g/mol. The van der Waals surface area contributed by atoms with Crippen molar-refractivity contribution >= 4 is 21.7 Å². The molecule has 0 saturated heterocycles. The van der Waals surface area contributed by atoms with Crippen molar-refractivity contribution in [2.24, 2.45) is 0 Å². The number of fused-ring (bicyclic) bond motifs is 1. The summed E-state index contributed by atoms with van der Waals surface area (Å²) in [7, 11) is 0. The Balaban J connectivity index is 1.41. The smallest absolute Gasteiger partial charge is 0.270 e. The molecule has 7 nitrogen and oxygen atoms in total. The number of ketones is 1. The Morgan fingerprint density at radius 2 is 2.03 bits per heavy atom. The summed E-state index contributed by atoms with van der Waals surface area (Å²) in [6, 6.07) is 10.9. The van der Waals surface area contributed by atoms with Gasteiger partial charge in [0.15, 0.2) is 5.78 Å². The zero-order valence-corrected chi connectivity index (χ0v) is 18.8. The molecule has 0 bridgehead atoms. The van der Waals surface area contributed by atoms with Crippen LogP contribution < -0.4 is 10.3 Å². The molecule has 0 unspecified atom stereocenters. The van der Waals surface area contributed by atoms with Crippen molar-refractivity contribution in [2.75, 3.05) is 13.1 Å². The molecule has 4 rings (SSSR count). The highest BCUT2D eigenvalue weighted by Gasteiger charge is 2.17. The average Bonchev–Trinajstić information content (AvgIpc) is 2.79. The molecule has 0 aliphatic carbocycles. The minimum Gasteiger partial charge on any atom is -0.485 e. The second kappa shape index (κ2) is 9.53. The van der Waals surface area contributed by atoms with E-state index < -0.39 is 0 Å². The van der Waals surface area contributed by atoms with Crippen molar-refractivity contribution in [1.82, 2.24) is 19.7 Å². The van der Waals surface area contributed by atoms with E-state index in [1.54, 1.807) is 6.20 Å². The molecule has 1 aliphatic heterocycles. The Bertz CT molecular complexity index is 1140. The van der Waals surface area contributed by atoms with Crippen molar-refractivity contribution in [3.63, 3.8) is 0 Å². The minimum absolute atomic E-state index is 0.107. The number of pyridine rings is 1. The number of carbonyl (C=O) groups excluding carboxylic acids is 1. The summed E-state index contributed by atoms with van der Waals surface area (Å²) in [5.41, 5.74) is 3.43. The van der Waals surface area contributed by atoms with Crippen LogP contribution in [0.25, 0.3) is 0 Å². The van der Waals surface area contributed by atoms with Crippen LogP contribution in [0.3, 0.4) is 0 Å². The Labute approximate surface area is 188 Å². The van der Waals surface area contributed by atoms with E-state index in [-0.39, 0.29) is 24.5 Å². The Kier molecular flexibility index (Phi) is 6.58. The number of aromatic nitrogens is 3. The van der Waals surface area contributed by atoms with Crippen LogP contribution in [0.4, 0.5) is 0 Å². The first-order valence-electron chi connectivity index (χ1n) is 10.2. The van der Waals surface area contributed by atoms with Crippen molar-refractivity contribution < 1.29 is 9.53 Å². The fraction of sp³-hybridized carbons (Fsp3) is 0.304. The van der Waals surface area contributed by atoms with Crippen molar-refractivity contribution in [3.8, 4) is 5.75 Å². The normalized spacial score (nSPS) is 13.6. The quantitative estimate of drug-likeness (QED) is 0.481. The molecular formula is C23H23BrN4O3. The molecule has 3 aromatic rings. The van der Waals surface area contributed by atoms with Gasteiger partial charge in [0.05, 0.1) is 11.9 Å². The molecule has 0 amide bonds. The number of hydrogen-bond donors (Lipinski definition) is 0. The maximum Gasteiger partial charge on any atom is 0.270 e. The molecule has 8 heteroatoms. The maximum absolute atomic E-state index is 12.8. The second-order valence-corrected chi connectivity index (χ2v) is 8.38. The van der Waals surface area contributed by atoms with Crippen LogP contribution in [-0.4, -0.2) is 38.5 Å². The first-order chi connectivity index (χ1) is 15.0. The van der Waals surface area contributed by atoms with Crippen LogP contribution >= 0.6 is 15.9 Å². The lowest BCUT2D eigenvalue weighted by atomic mass is 9.96. The highest BCUT2D eigenvalue weighted by molar-refractivity contribution is 9.10. The number of benzene rings is 1. The van der Waals surface area contributed by atoms with Gasteiger partial charge in [0.25, 0.3) is 5.56 Å². The average molecular weight is 483 g/mol. The summed E-state index contributed by atoms with van der Waals surface area (Å²) in [5.74, 6) is 0.200. The van der Waals surface area contributed by atoms with Gasteiger partial charge in [-0.3, -0.25) is 19.5 Å². The van der Waals surface area contributed by atoms with E-state index in [4.69, 9.17) is 4.74 Å². The third kappa shape index (κ3) is 5.26. The predicted octanol–water partition coefficient (Wildman–Crippen LogP) is 3.24. The van der Waals surface area contributed by atoms with Crippen molar-refractivity contribution in [3.05, 3.63) is 86.0 Å². The molecule has 1 aliphatic rings. The van der Waals surface area contributed by atoms with E-state index >= 15 is 0 Å². The number of halogens is 1. The number of ether oxygens (including phenoxy) is 1. The molecule has 0 saturated carbocycles. The fourth-order valence-corrected chi connectivity index (χ4v) is 3.78. The summed E-state index contributed by atoms with van der Waals surface area (Å²) in [5, 5.41) is 4.11. The van der Waals surface area contributed by atoms with Gasteiger partial charge in [-0.05, 0) is 58.2 Å². The number of hydrogen-bond acceptors (Lipinski definition) is 6. The van der Waals surface area contributed by atoms with E-state index in [0.717, 1.165) is 40.9 Å². The van der Waals surface area contributed by atoms with Gasteiger partial charge in [0.2, 0.25) is 0 Å². The van der Waals surface area contributed by atoms with Crippen LogP contribution in [0.2, 0.25) is 0 Å². The number of rotatable bonds is 7. The monoisotopic (exact) mass is 482 g/mol. The molecule has 0 spiro atoms. The van der Waals surface area contributed by atoms with Gasteiger partial charge in [0.1, 0.15) is 18.9 Å². The summed E-state index contributed by atoms with van der Waals surface area (Å²) < 4.78 is 7.64. The van der Waals surface area contributed by atoms with E-state index in [9.17, 15) is 9.59 Å². The standard InChI is InChI=1S/C23H23BrN4O3/c1-2-27-8-7-16-3-4-17(9-18(16)13-27)22(29)14-28-23(30)10-21(12-26-28)31-15-20-6-5-19(24)11-25-20/h3-6,9-12H,2,7-8,13-15H2,1H3. The van der Waals surface area contributed by atoms with Crippen LogP contribution in [0, 0.1) is 0 Å². The van der Waals surface area contributed by atoms with Crippen LogP contribution in [-0.2, 0) is 26.1 Å². The van der Waals surface area contributed by atoms with E-state index in [1.165, 1.54) is 23.4 Å². The molecule has 1 aromatic carbocycles. The topological polar surface area (TPSA) is 77.3 Å². The van der Waals surface area contributed by atoms with Crippen molar-refractivity contribution in [2.45, 2.75) is 33.0 Å². The van der Waals surface area contributed by atoms with Gasteiger partial charge in [-0.2, -0.15) is 5.10 Å². The predicted molar refractivity (Wildman–Crippen MR) is 120 cm³/mol. The summed E-state index contributed by atoms with van der Waals surface area (Å²) in [6.45, 7) is 5.14. The summed E-state index contributed by atoms with van der Waals surface area (Å²) in [6.07, 6.45) is 4.12. The van der Waals surface area contributed by atoms with Crippen LogP contribution in [0.15, 0.2) is 58.1 Å². The minimum atomic E-state index is -0.385. The van der Waals surface area contributed by atoms with E-state index in [0.29, 0.717) is 11.3 Å². The molecule has 3 heterocycles. The molecule has 31 heavy (non-hydrogen) atoms. The SMILES string of the molecule is CCN1CCc2ccc(C(=O)Cn3ncc(OCc4ccc(Br)cn4)cc3=O)cc2C1. The molecule has 160 valence electrons. The molecule has 0 radical (unpaired) electrons. The summed E-state index contributed by atoms with van der Waals surface area (Å²) >= 11 is 3.33. The number of Topliss-reactive ketones (excluding diaryl/α,β-unsaturated/α-hetero) is 1. The maximum atomic E-state index is 12.8. The van der Waals surface area contributed by atoms with Crippen LogP contribution in [0.5, 0.6) is 5.75 Å². The van der Waals surface area contributed by atoms with Gasteiger partial charge < -0.3 is 4.74 Å². The highest BCUT2D eigenvalue weighted by atomic mass is 79.9. The number of likely N-dealkylation sites (N-methyl/N-ethyl adjacent to an activating group) is 1. The molecule has 0 fully saturated rings. The fourth-order valence-electron chi connectivity index (χ4n) is 3.55. The number of carbonyl (C=O) groups is 1. The van der Waals surface area contributed by atoms with Crippen molar-refractivity contribution in [1.29, 1.82) is 0 Å². The lowest BCUT2D eigenvalue weighted by molar-refractivity contribution is 0.0965. The molecule has 2 aromatic heterocycles. The van der Waals surface area contributed by atoms with Gasteiger partial charge >= 0.3 is 0 Å². The van der Waals surface area contributed by atoms with Crippen LogP contribution in [0.1, 0.15) is 34.1 Å². The third-order valence-corrected chi connectivity index (χ3v) is 5.85. The molecule has 0 atom stereocenters. The third-order valence-electron chi connectivity index (χ3n) is 5.38. The lowest BCUT2D eigenvalue weighted by Crippen LogP contribution is -2.30. The lowest BCUT2D eigenvalue weighted by Gasteiger charge is -2.27. The zero-order chi connectivity index (χ0) is 21.8. The van der Waals surface area contributed by atoms with Gasteiger partial charge in [-0.1, -0.05) is 19.1 Å². The first kappa shape index (κ1) is 21.4. The highest BCUT2D eigenvalue weighted by Crippen LogP contribution is 2.20. The zero-order valence-electron chi connectivity index (χ0n) is 17.3. The summed E-state index contributed by atoms with van der Waals surface area (Å²) in [4.78, 5) is 31.8. The Hall–Kier alpha value is -2.84.